The smallest absolute Gasteiger partial charge is 0.357 e. The molecule has 0 aromatic heterocycles. The lowest BCUT2D eigenvalue weighted by Gasteiger charge is -2.32. The first-order valence-electron chi connectivity index (χ1n) is 9.95. The van der Waals surface area contributed by atoms with E-state index in [1.54, 1.807) is 12.1 Å². The van der Waals surface area contributed by atoms with E-state index in [2.05, 4.69) is 12.2 Å². The minimum atomic E-state index is -3.75. The van der Waals surface area contributed by atoms with Gasteiger partial charge < -0.3 is 19.1 Å². The second-order valence-corrected chi connectivity index (χ2v) is 10.3. The van der Waals surface area contributed by atoms with E-state index in [4.69, 9.17) is 37.0 Å². The predicted octanol–water partition coefficient (Wildman–Crippen LogP) is 7.72. The number of para-hydroxylation sites is 1. The molecule has 1 N–H and O–H groups in total. The number of rotatable bonds is 10. The summed E-state index contributed by atoms with van der Waals surface area (Å²) in [4.78, 5) is 0. The van der Waals surface area contributed by atoms with Gasteiger partial charge in [0.2, 0.25) is 0 Å². The molecule has 166 valence electrons. The highest BCUT2D eigenvalue weighted by Crippen LogP contribution is 2.64. The third-order valence-corrected chi connectivity index (χ3v) is 7.23. The van der Waals surface area contributed by atoms with Gasteiger partial charge in [0.1, 0.15) is 5.75 Å². The van der Waals surface area contributed by atoms with Crippen LogP contribution in [0.2, 0.25) is 10.0 Å². The molecule has 2 aromatic carbocycles. The van der Waals surface area contributed by atoms with E-state index in [0.29, 0.717) is 21.4 Å². The Hall–Kier alpha value is -1.23. The monoisotopic (exact) mass is 473 g/mol. The predicted molar refractivity (Wildman–Crippen MR) is 125 cm³/mol. The first-order valence-corrected chi connectivity index (χ1v) is 12.3. The molecule has 0 aliphatic rings. The second-order valence-electron chi connectivity index (χ2n) is 7.42. The molecular weight excluding hydrogens is 444 g/mol. The van der Waals surface area contributed by atoms with E-state index in [0.717, 1.165) is 17.7 Å². The molecule has 0 aliphatic heterocycles. The highest BCUT2D eigenvalue weighted by Gasteiger charge is 2.42. The molecule has 0 amide bonds. The fraction of sp³-hybridized carbons (Fsp3) is 0.455. The average Bonchev–Trinajstić information content (AvgIpc) is 2.64. The topological polar surface area (TPSA) is 56.8 Å². The van der Waals surface area contributed by atoms with Crippen molar-refractivity contribution in [2.24, 2.45) is 0 Å². The minimum absolute atomic E-state index is 0.316. The lowest BCUT2D eigenvalue weighted by molar-refractivity contribution is 0.138. The minimum Gasteiger partial charge on any atom is -0.495 e. The van der Waals surface area contributed by atoms with Crippen LogP contribution < -0.4 is 10.1 Å². The molecule has 0 unspecified atom stereocenters. The number of benzene rings is 2. The molecular formula is C22H30Cl2NO4P. The van der Waals surface area contributed by atoms with Gasteiger partial charge in [0.15, 0.2) is 5.78 Å². The summed E-state index contributed by atoms with van der Waals surface area (Å²) in [6, 6.07) is 11.1. The van der Waals surface area contributed by atoms with E-state index in [1.165, 1.54) is 7.11 Å². The zero-order chi connectivity index (χ0) is 22.5. The van der Waals surface area contributed by atoms with Crippen LogP contribution in [0.5, 0.6) is 5.75 Å². The van der Waals surface area contributed by atoms with Gasteiger partial charge in [0.05, 0.1) is 24.3 Å². The zero-order valence-corrected chi connectivity index (χ0v) is 20.6. The molecule has 0 spiro atoms. The van der Waals surface area contributed by atoms with Gasteiger partial charge >= 0.3 is 7.60 Å². The molecule has 0 saturated heterocycles. The van der Waals surface area contributed by atoms with Gasteiger partial charge in [-0.1, -0.05) is 48.3 Å². The molecule has 5 nitrogen and oxygen atoms in total. The van der Waals surface area contributed by atoms with E-state index >= 15 is 0 Å². The van der Waals surface area contributed by atoms with E-state index in [9.17, 15) is 4.57 Å². The standard InChI is InChI=1S/C22H30Cl2NO4P/c1-7-16-10-8-9-11-20(16)25-22(30(26,28-14(2)3)29-15(4)5)18-12-17(23)13-19(24)21(18)27-6/h8-15,22,25H,7H2,1-6H3/t22-/m0/s1. The summed E-state index contributed by atoms with van der Waals surface area (Å²) in [6.07, 6.45) is 0.130. The van der Waals surface area contributed by atoms with E-state index in [-0.39, 0.29) is 12.2 Å². The molecule has 0 heterocycles. The maximum atomic E-state index is 14.2. The summed E-state index contributed by atoms with van der Waals surface area (Å²) in [6.45, 7) is 9.32. The molecule has 0 fully saturated rings. The average molecular weight is 474 g/mol. The molecule has 0 saturated carbocycles. The van der Waals surface area contributed by atoms with Crippen LogP contribution in [-0.4, -0.2) is 19.3 Å². The Morgan fingerprint density at radius 3 is 2.17 bits per heavy atom. The number of hydrogen-bond acceptors (Lipinski definition) is 5. The Bertz CT molecular complexity index is 891. The summed E-state index contributed by atoms with van der Waals surface area (Å²) in [7, 11) is -2.24. The quantitative estimate of drug-likeness (QED) is 0.357. The van der Waals surface area contributed by atoms with Gasteiger partial charge in [-0.25, -0.2) is 0 Å². The Morgan fingerprint density at radius 2 is 1.63 bits per heavy atom. The third kappa shape index (κ3) is 6.15. The molecule has 0 radical (unpaired) electrons. The fourth-order valence-electron chi connectivity index (χ4n) is 3.18. The van der Waals surface area contributed by atoms with Crippen LogP contribution in [0.15, 0.2) is 36.4 Å². The Morgan fingerprint density at radius 1 is 1.03 bits per heavy atom. The van der Waals surface area contributed by atoms with Crippen LogP contribution in [0.25, 0.3) is 0 Å². The van der Waals surface area contributed by atoms with E-state index in [1.807, 2.05) is 52.0 Å². The van der Waals surface area contributed by atoms with E-state index < -0.39 is 13.4 Å². The molecule has 8 heteroatoms. The fourth-order valence-corrected chi connectivity index (χ4v) is 6.06. The molecule has 0 aliphatic carbocycles. The second kappa shape index (κ2) is 10.9. The summed E-state index contributed by atoms with van der Waals surface area (Å²) < 4.78 is 31.6. The lowest BCUT2D eigenvalue weighted by atomic mass is 10.1. The summed E-state index contributed by atoms with van der Waals surface area (Å²) in [5.74, 6) is -0.520. The molecule has 2 rings (SSSR count). The number of hydrogen-bond donors (Lipinski definition) is 1. The van der Waals surface area contributed by atoms with Gasteiger partial charge in [-0.15, -0.1) is 0 Å². The summed E-state index contributed by atoms with van der Waals surface area (Å²) in [5, 5.41) is 4.10. The van der Waals surface area contributed by atoms with Crippen molar-refractivity contribution in [3.8, 4) is 5.75 Å². The van der Waals surface area contributed by atoms with Gasteiger partial charge in [-0.05, 0) is 57.9 Å². The number of aryl methyl sites for hydroxylation is 1. The normalized spacial score (nSPS) is 13.0. The van der Waals surface area contributed by atoms with Gasteiger partial charge in [-0.2, -0.15) is 0 Å². The van der Waals surface area contributed by atoms with Gasteiger partial charge in [-0.3, -0.25) is 4.57 Å². The van der Waals surface area contributed by atoms with Crippen LogP contribution in [0.1, 0.15) is 51.5 Å². The van der Waals surface area contributed by atoms with Crippen LogP contribution in [0.3, 0.4) is 0 Å². The summed E-state index contributed by atoms with van der Waals surface area (Å²) in [5.41, 5.74) is 2.39. The molecule has 1 atom stereocenters. The highest BCUT2D eigenvalue weighted by molar-refractivity contribution is 7.54. The first-order chi connectivity index (χ1) is 14.1. The first kappa shape index (κ1) is 25.0. The maximum absolute atomic E-state index is 14.2. The van der Waals surface area contributed by atoms with Crippen molar-refractivity contribution in [2.75, 3.05) is 12.4 Å². The van der Waals surface area contributed by atoms with Gasteiger partial charge in [0, 0.05) is 16.3 Å². The van der Waals surface area contributed by atoms with Crippen LogP contribution in [-0.2, 0) is 20.0 Å². The van der Waals surface area contributed by atoms with Crippen molar-refractivity contribution in [3.05, 3.63) is 57.6 Å². The Kier molecular flexibility index (Phi) is 9.08. The summed E-state index contributed by atoms with van der Waals surface area (Å²) >= 11 is 12.7. The highest BCUT2D eigenvalue weighted by atomic mass is 35.5. The number of methoxy groups -OCH3 is 1. The largest absolute Gasteiger partial charge is 0.495 e. The third-order valence-electron chi connectivity index (χ3n) is 4.26. The van der Waals surface area contributed by atoms with Crippen LogP contribution >= 0.6 is 30.8 Å². The number of nitrogens with one attached hydrogen (secondary N) is 1. The van der Waals surface area contributed by atoms with Gasteiger partial charge in [0.25, 0.3) is 0 Å². The van der Waals surface area contributed by atoms with Crippen molar-refractivity contribution in [3.63, 3.8) is 0 Å². The van der Waals surface area contributed by atoms with Crippen molar-refractivity contribution < 1.29 is 18.3 Å². The van der Waals surface area contributed by atoms with Crippen LogP contribution in [0.4, 0.5) is 5.69 Å². The maximum Gasteiger partial charge on any atom is 0.357 e. The Labute approximate surface area is 189 Å². The Balaban J connectivity index is 2.73. The molecule has 30 heavy (non-hydrogen) atoms. The van der Waals surface area contributed by atoms with Crippen LogP contribution in [0, 0.1) is 0 Å². The van der Waals surface area contributed by atoms with Crippen molar-refractivity contribution in [2.45, 2.75) is 59.0 Å². The van der Waals surface area contributed by atoms with Crippen molar-refractivity contribution >= 4 is 36.5 Å². The number of halogens is 2. The number of ether oxygens (including phenoxy) is 1. The van der Waals surface area contributed by atoms with Crippen molar-refractivity contribution in [1.29, 1.82) is 0 Å². The molecule has 0 bridgehead atoms. The van der Waals surface area contributed by atoms with Crippen molar-refractivity contribution in [1.82, 2.24) is 0 Å². The lowest BCUT2D eigenvalue weighted by Crippen LogP contribution is -2.20. The number of anilines is 1. The SMILES string of the molecule is CCc1ccccc1N[C@H](c1cc(Cl)cc(Cl)c1OC)P(=O)(OC(C)C)OC(C)C. The zero-order valence-electron chi connectivity index (χ0n) is 18.2. The molecule has 2 aromatic rings.